The van der Waals surface area contributed by atoms with E-state index in [9.17, 15) is 4.79 Å². The van der Waals surface area contributed by atoms with Crippen LogP contribution in [0.1, 0.15) is 44.1 Å². The van der Waals surface area contributed by atoms with Gasteiger partial charge in [0.25, 0.3) is 0 Å². The van der Waals surface area contributed by atoms with Crippen LogP contribution in [0.3, 0.4) is 0 Å². The Morgan fingerprint density at radius 1 is 1.38 bits per heavy atom. The summed E-state index contributed by atoms with van der Waals surface area (Å²) in [5.74, 6) is 0.369. The lowest BCUT2D eigenvalue weighted by molar-refractivity contribution is -0.146. The Kier molecular flexibility index (Phi) is 4.69. The van der Waals surface area contributed by atoms with Crippen LogP contribution < -0.4 is 0 Å². The Bertz CT molecular complexity index is 754. The molecule has 126 valence electrons. The monoisotopic (exact) mass is 327 g/mol. The summed E-state index contributed by atoms with van der Waals surface area (Å²) >= 11 is 0. The van der Waals surface area contributed by atoms with Crippen molar-refractivity contribution in [3.05, 3.63) is 35.9 Å². The van der Waals surface area contributed by atoms with Gasteiger partial charge in [-0.1, -0.05) is 19.4 Å². The summed E-state index contributed by atoms with van der Waals surface area (Å²) in [5, 5.41) is 4.46. The SMILES string of the molecule is CCCC1=Nc2nc(C)nn2C(c2cccnc2)C1C(=O)OCC. The Balaban J connectivity index is 2.15. The number of aryl methyl sites for hydroxylation is 1. The van der Waals surface area contributed by atoms with Crippen molar-refractivity contribution in [2.45, 2.75) is 39.7 Å². The first-order valence-corrected chi connectivity index (χ1v) is 8.22. The van der Waals surface area contributed by atoms with Crippen LogP contribution in [0.5, 0.6) is 0 Å². The summed E-state index contributed by atoms with van der Waals surface area (Å²) < 4.78 is 7.05. The van der Waals surface area contributed by atoms with Gasteiger partial charge in [0.2, 0.25) is 5.95 Å². The summed E-state index contributed by atoms with van der Waals surface area (Å²) in [7, 11) is 0. The number of carbonyl (C=O) groups is 1. The lowest BCUT2D eigenvalue weighted by Gasteiger charge is -2.30. The van der Waals surface area contributed by atoms with Gasteiger partial charge < -0.3 is 4.74 Å². The second kappa shape index (κ2) is 6.90. The number of hydrogen-bond donors (Lipinski definition) is 0. The Morgan fingerprint density at radius 2 is 2.21 bits per heavy atom. The molecule has 2 aromatic heterocycles. The van der Waals surface area contributed by atoms with E-state index < -0.39 is 5.92 Å². The van der Waals surface area contributed by atoms with E-state index in [1.165, 1.54) is 0 Å². The maximum Gasteiger partial charge on any atom is 0.317 e. The van der Waals surface area contributed by atoms with Gasteiger partial charge in [0.1, 0.15) is 17.8 Å². The number of nitrogens with zero attached hydrogens (tertiary/aromatic N) is 5. The zero-order chi connectivity index (χ0) is 17.1. The molecule has 2 unspecified atom stereocenters. The number of ether oxygens (including phenoxy) is 1. The lowest BCUT2D eigenvalue weighted by Crippen LogP contribution is -2.38. The Labute approximate surface area is 140 Å². The topological polar surface area (TPSA) is 82.3 Å². The van der Waals surface area contributed by atoms with Crippen molar-refractivity contribution in [2.75, 3.05) is 6.61 Å². The predicted octanol–water partition coefficient (Wildman–Crippen LogP) is 2.64. The molecule has 3 heterocycles. The van der Waals surface area contributed by atoms with Crippen molar-refractivity contribution in [2.24, 2.45) is 10.9 Å². The number of aliphatic imine (C=N–C) groups is 1. The molecule has 0 aliphatic carbocycles. The van der Waals surface area contributed by atoms with E-state index in [-0.39, 0.29) is 12.0 Å². The van der Waals surface area contributed by atoms with Crippen LogP contribution in [0, 0.1) is 12.8 Å². The average molecular weight is 327 g/mol. The van der Waals surface area contributed by atoms with Gasteiger partial charge in [0.15, 0.2) is 0 Å². The molecule has 3 rings (SSSR count). The normalized spacial score (nSPS) is 19.5. The highest BCUT2D eigenvalue weighted by Gasteiger charge is 2.41. The molecule has 0 N–H and O–H groups in total. The molecule has 0 amide bonds. The summed E-state index contributed by atoms with van der Waals surface area (Å²) in [6.45, 7) is 6.02. The highest BCUT2D eigenvalue weighted by atomic mass is 16.5. The van der Waals surface area contributed by atoms with Crippen LogP contribution in [0.25, 0.3) is 0 Å². The fourth-order valence-corrected chi connectivity index (χ4v) is 3.05. The van der Waals surface area contributed by atoms with Crippen LogP contribution in [-0.2, 0) is 9.53 Å². The molecule has 2 atom stereocenters. The molecule has 0 spiro atoms. The Hall–Kier alpha value is -2.57. The van der Waals surface area contributed by atoms with Crippen LogP contribution in [0.15, 0.2) is 29.5 Å². The van der Waals surface area contributed by atoms with Crippen molar-refractivity contribution in [3.8, 4) is 0 Å². The number of rotatable bonds is 5. The highest BCUT2D eigenvalue weighted by Crippen LogP contribution is 2.36. The molecule has 0 saturated carbocycles. The van der Waals surface area contributed by atoms with E-state index in [4.69, 9.17) is 4.74 Å². The van der Waals surface area contributed by atoms with Crippen molar-refractivity contribution < 1.29 is 9.53 Å². The summed E-state index contributed by atoms with van der Waals surface area (Å²) in [6, 6.07) is 3.46. The van der Waals surface area contributed by atoms with Crippen LogP contribution >= 0.6 is 0 Å². The van der Waals surface area contributed by atoms with Gasteiger partial charge >= 0.3 is 5.97 Å². The first-order chi connectivity index (χ1) is 11.7. The van der Waals surface area contributed by atoms with Crippen LogP contribution in [0.4, 0.5) is 5.95 Å². The lowest BCUT2D eigenvalue weighted by atomic mass is 9.86. The average Bonchev–Trinajstić information content (AvgIpc) is 2.94. The van der Waals surface area contributed by atoms with Crippen molar-refractivity contribution in [1.29, 1.82) is 0 Å². The van der Waals surface area contributed by atoms with Gasteiger partial charge in [-0.3, -0.25) is 9.78 Å². The molecule has 0 aromatic carbocycles. The molecule has 0 bridgehead atoms. The van der Waals surface area contributed by atoms with Gasteiger partial charge in [-0.2, -0.15) is 10.1 Å². The largest absolute Gasteiger partial charge is 0.465 e. The van der Waals surface area contributed by atoms with Crippen LogP contribution in [0.2, 0.25) is 0 Å². The van der Waals surface area contributed by atoms with E-state index in [1.807, 2.05) is 26.0 Å². The van der Waals surface area contributed by atoms with Gasteiger partial charge in [-0.25, -0.2) is 9.67 Å². The third-order valence-corrected chi connectivity index (χ3v) is 3.97. The van der Waals surface area contributed by atoms with Gasteiger partial charge in [0, 0.05) is 18.1 Å². The van der Waals surface area contributed by atoms with E-state index in [0.29, 0.717) is 24.8 Å². The third kappa shape index (κ3) is 2.93. The van der Waals surface area contributed by atoms with E-state index in [1.54, 1.807) is 17.1 Å². The van der Waals surface area contributed by atoms with Gasteiger partial charge in [0.05, 0.1) is 6.61 Å². The molecule has 1 aliphatic heterocycles. The second-order valence-electron chi connectivity index (χ2n) is 5.72. The van der Waals surface area contributed by atoms with E-state index in [0.717, 1.165) is 17.7 Å². The van der Waals surface area contributed by atoms with Crippen molar-refractivity contribution >= 4 is 17.6 Å². The molecular formula is C17H21N5O2. The maximum absolute atomic E-state index is 12.7. The number of hydrogen-bond acceptors (Lipinski definition) is 6. The molecule has 2 aromatic rings. The van der Waals surface area contributed by atoms with E-state index in [2.05, 4.69) is 27.0 Å². The third-order valence-electron chi connectivity index (χ3n) is 3.97. The highest BCUT2D eigenvalue weighted by molar-refractivity contribution is 6.04. The second-order valence-corrected chi connectivity index (χ2v) is 5.72. The molecule has 24 heavy (non-hydrogen) atoms. The molecule has 0 fully saturated rings. The van der Waals surface area contributed by atoms with Gasteiger partial charge in [-0.05, 0) is 31.9 Å². The molecular weight excluding hydrogens is 306 g/mol. The molecule has 7 heteroatoms. The quantitative estimate of drug-likeness (QED) is 0.788. The van der Waals surface area contributed by atoms with E-state index >= 15 is 0 Å². The first kappa shape index (κ1) is 16.3. The fraction of sp³-hybridized carbons (Fsp3) is 0.471. The summed E-state index contributed by atoms with van der Waals surface area (Å²) in [6.07, 6.45) is 5.07. The minimum atomic E-state index is -0.511. The molecule has 1 aliphatic rings. The van der Waals surface area contributed by atoms with Crippen molar-refractivity contribution in [1.82, 2.24) is 19.7 Å². The fourth-order valence-electron chi connectivity index (χ4n) is 3.05. The van der Waals surface area contributed by atoms with Gasteiger partial charge in [-0.15, -0.1) is 0 Å². The zero-order valence-electron chi connectivity index (χ0n) is 14.1. The summed E-state index contributed by atoms with van der Waals surface area (Å²) in [5.41, 5.74) is 1.69. The number of fused-ring (bicyclic) bond motifs is 1. The molecule has 0 saturated heterocycles. The smallest absolute Gasteiger partial charge is 0.317 e. The summed E-state index contributed by atoms with van der Waals surface area (Å²) in [4.78, 5) is 25.9. The minimum absolute atomic E-state index is 0.280. The zero-order valence-corrected chi connectivity index (χ0v) is 14.1. The van der Waals surface area contributed by atoms with Crippen LogP contribution in [-0.4, -0.2) is 38.0 Å². The number of esters is 1. The standard InChI is InChI=1S/C17H21N5O2/c1-4-7-13-14(16(23)24-5-2)15(12-8-6-9-18-10-12)22-17(20-13)19-11(3)21-22/h6,8-10,14-15H,4-5,7H2,1-3H3. The predicted molar refractivity (Wildman–Crippen MR) is 89.3 cm³/mol. The first-order valence-electron chi connectivity index (χ1n) is 8.22. The minimum Gasteiger partial charge on any atom is -0.465 e. The Morgan fingerprint density at radius 3 is 2.88 bits per heavy atom. The number of pyridine rings is 1. The number of aromatic nitrogens is 4. The van der Waals surface area contributed by atoms with Crippen molar-refractivity contribution in [3.63, 3.8) is 0 Å². The maximum atomic E-state index is 12.7. The molecule has 7 nitrogen and oxygen atoms in total. The number of carbonyl (C=O) groups excluding carboxylic acids is 1. The molecule has 0 radical (unpaired) electrons.